The molecular weight excluding hydrogens is 274 g/mol. The zero-order chi connectivity index (χ0) is 15.2. The van der Waals surface area contributed by atoms with Gasteiger partial charge in [0.2, 0.25) is 10.0 Å². The van der Waals surface area contributed by atoms with Gasteiger partial charge >= 0.3 is 0 Å². The van der Waals surface area contributed by atoms with Crippen LogP contribution in [0.2, 0.25) is 0 Å². The summed E-state index contributed by atoms with van der Waals surface area (Å²) in [5, 5.41) is 3.26. The Bertz CT molecular complexity index is 525. The normalized spacial score (nSPS) is 14.8. The first kappa shape index (κ1) is 16.9. The molecule has 1 unspecified atom stereocenters. The molecule has 5 nitrogen and oxygen atoms in total. The number of para-hydroxylation sites is 1. The fraction of sp³-hybridized carbons (Fsp3) is 0.571. The summed E-state index contributed by atoms with van der Waals surface area (Å²) in [5.41, 5.74) is 6.04. The van der Waals surface area contributed by atoms with E-state index in [1.807, 2.05) is 26.8 Å². The van der Waals surface area contributed by atoms with Crippen molar-refractivity contribution in [2.45, 2.75) is 44.0 Å². The number of hydrogen-bond donors (Lipinski definition) is 3. The van der Waals surface area contributed by atoms with Crippen molar-refractivity contribution in [2.24, 2.45) is 5.73 Å². The lowest BCUT2D eigenvalue weighted by Crippen LogP contribution is -2.42. The Hall–Kier alpha value is -1.11. The molecule has 0 fully saturated rings. The first-order valence-electron chi connectivity index (χ1n) is 6.95. The lowest BCUT2D eigenvalue weighted by molar-refractivity contribution is 0.505. The third-order valence-corrected chi connectivity index (χ3v) is 4.91. The molecule has 20 heavy (non-hydrogen) atoms. The minimum Gasteiger partial charge on any atom is -0.378 e. The maximum Gasteiger partial charge on any atom is 0.242 e. The third-order valence-electron chi connectivity index (χ3n) is 3.39. The van der Waals surface area contributed by atoms with Crippen LogP contribution in [0.15, 0.2) is 29.2 Å². The molecule has 0 aromatic heterocycles. The van der Waals surface area contributed by atoms with Gasteiger partial charge in [0.1, 0.15) is 4.90 Å². The van der Waals surface area contributed by atoms with Gasteiger partial charge in [0, 0.05) is 18.6 Å². The van der Waals surface area contributed by atoms with E-state index in [9.17, 15) is 8.42 Å². The van der Waals surface area contributed by atoms with Crippen LogP contribution in [0.3, 0.4) is 0 Å². The second-order valence-electron chi connectivity index (χ2n) is 5.14. The fourth-order valence-corrected chi connectivity index (χ4v) is 3.02. The van der Waals surface area contributed by atoms with E-state index in [0.717, 1.165) is 12.8 Å². The summed E-state index contributed by atoms with van der Waals surface area (Å²) in [4.78, 5) is 0.265. The minimum absolute atomic E-state index is 0.265. The molecule has 0 heterocycles. The number of benzene rings is 1. The molecule has 0 radical (unpaired) electrons. The summed E-state index contributed by atoms with van der Waals surface area (Å²) in [5.74, 6) is 0. The monoisotopic (exact) mass is 299 g/mol. The van der Waals surface area contributed by atoms with Crippen LogP contribution in [0.5, 0.6) is 0 Å². The molecule has 0 saturated carbocycles. The van der Waals surface area contributed by atoms with E-state index in [1.165, 1.54) is 0 Å². The second kappa shape index (κ2) is 7.06. The Kier molecular flexibility index (Phi) is 5.98. The van der Waals surface area contributed by atoms with Gasteiger partial charge in [0.05, 0.1) is 5.69 Å². The number of nitrogens with two attached hydrogens (primary N) is 1. The summed E-state index contributed by atoms with van der Waals surface area (Å²) in [7, 11) is -3.50. The number of hydrogen-bond acceptors (Lipinski definition) is 4. The molecule has 1 aromatic carbocycles. The lowest BCUT2D eigenvalue weighted by atomic mass is 9.99. The molecular formula is C14H25N3O2S. The SMILES string of the molecule is CCCNS(=O)(=O)c1ccccc1NC(C)(CC)CN. The smallest absolute Gasteiger partial charge is 0.242 e. The lowest BCUT2D eigenvalue weighted by Gasteiger charge is -2.30. The molecule has 4 N–H and O–H groups in total. The molecule has 0 aliphatic carbocycles. The molecule has 6 heteroatoms. The van der Waals surface area contributed by atoms with Gasteiger partial charge in [-0.25, -0.2) is 13.1 Å². The Morgan fingerprint density at radius 3 is 2.45 bits per heavy atom. The van der Waals surface area contributed by atoms with E-state index in [1.54, 1.807) is 18.2 Å². The van der Waals surface area contributed by atoms with Gasteiger partial charge in [-0.1, -0.05) is 26.0 Å². The van der Waals surface area contributed by atoms with Crippen LogP contribution < -0.4 is 15.8 Å². The summed E-state index contributed by atoms with van der Waals surface area (Å²) in [6.45, 7) is 6.79. The Balaban J connectivity index is 3.11. The maximum atomic E-state index is 12.3. The maximum absolute atomic E-state index is 12.3. The van der Waals surface area contributed by atoms with Crippen LogP contribution in [-0.4, -0.2) is 27.0 Å². The fourth-order valence-electron chi connectivity index (χ4n) is 1.73. The second-order valence-corrected chi connectivity index (χ2v) is 6.87. The average Bonchev–Trinajstić information content (AvgIpc) is 2.45. The summed E-state index contributed by atoms with van der Waals surface area (Å²) in [6, 6.07) is 6.90. The van der Waals surface area contributed by atoms with Crippen LogP contribution in [0.4, 0.5) is 5.69 Å². The Morgan fingerprint density at radius 1 is 1.25 bits per heavy atom. The molecule has 0 aliphatic heterocycles. The van der Waals surface area contributed by atoms with Crippen molar-refractivity contribution in [1.82, 2.24) is 4.72 Å². The van der Waals surface area contributed by atoms with Gasteiger partial charge < -0.3 is 11.1 Å². The van der Waals surface area contributed by atoms with Crippen molar-refractivity contribution in [3.05, 3.63) is 24.3 Å². The molecule has 1 rings (SSSR count). The highest BCUT2D eigenvalue weighted by molar-refractivity contribution is 7.89. The van der Waals surface area contributed by atoms with Gasteiger partial charge in [0.25, 0.3) is 0 Å². The molecule has 1 atom stereocenters. The van der Waals surface area contributed by atoms with Gasteiger partial charge in [-0.15, -0.1) is 0 Å². The minimum atomic E-state index is -3.50. The van der Waals surface area contributed by atoms with E-state index in [4.69, 9.17) is 5.73 Å². The largest absolute Gasteiger partial charge is 0.378 e. The van der Waals surface area contributed by atoms with E-state index in [0.29, 0.717) is 18.8 Å². The molecule has 114 valence electrons. The molecule has 0 spiro atoms. The van der Waals surface area contributed by atoms with Crippen molar-refractivity contribution in [3.8, 4) is 0 Å². The number of rotatable bonds is 8. The molecule has 1 aromatic rings. The summed E-state index contributed by atoms with van der Waals surface area (Å²) >= 11 is 0. The van der Waals surface area contributed by atoms with Crippen LogP contribution in [-0.2, 0) is 10.0 Å². The zero-order valence-corrected chi connectivity index (χ0v) is 13.3. The van der Waals surface area contributed by atoms with Crippen LogP contribution in [0.1, 0.15) is 33.6 Å². The van der Waals surface area contributed by atoms with Crippen LogP contribution >= 0.6 is 0 Å². The highest BCUT2D eigenvalue weighted by atomic mass is 32.2. The number of sulfonamides is 1. The highest BCUT2D eigenvalue weighted by Crippen LogP contribution is 2.25. The standard InChI is InChI=1S/C14H25N3O2S/c1-4-10-16-20(18,19)13-9-7-6-8-12(13)17-14(3,5-2)11-15/h6-9,16-17H,4-5,10-11,15H2,1-3H3. The predicted molar refractivity (Wildman–Crippen MR) is 83.3 cm³/mol. The number of nitrogens with one attached hydrogen (secondary N) is 2. The van der Waals surface area contributed by atoms with Crippen molar-refractivity contribution in [2.75, 3.05) is 18.4 Å². The first-order chi connectivity index (χ1) is 9.38. The first-order valence-corrected chi connectivity index (χ1v) is 8.44. The molecule has 0 saturated heterocycles. The summed E-state index contributed by atoms with van der Waals surface area (Å²) < 4.78 is 27.2. The van der Waals surface area contributed by atoms with Gasteiger partial charge in [-0.3, -0.25) is 0 Å². The quantitative estimate of drug-likeness (QED) is 0.684. The predicted octanol–water partition coefficient (Wildman–Crippen LogP) is 1.91. The molecule has 0 aliphatic rings. The van der Waals surface area contributed by atoms with Crippen molar-refractivity contribution in [3.63, 3.8) is 0 Å². The molecule has 0 bridgehead atoms. The van der Waals surface area contributed by atoms with Gasteiger partial charge in [-0.2, -0.15) is 0 Å². The van der Waals surface area contributed by atoms with Crippen molar-refractivity contribution < 1.29 is 8.42 Å². The van der Waals surface area contributed by atoms with Crippen LogP contribution in [0.25, 0.3) is 0 Å². The van der Waals surface area contributed by atoms with Crippen LogP contribution in [0, 0.1) is 0 Å². The summed E-state index contributed by atoms with van der Waals surface area (Å²) in [6.07, 6.45) is 1.56. The van der Waals surface area contributed by atoms with Crippen molar-refractivity contribution in [1.29, 1.82) is 0 Å². The molecule has 0 amide bonds. The topological polar surface area (TPSA) is 84.2 Å². The van der Waals surface area contributed by atoms with E-state index >= 15 is 0 Å². The third kappa shape index (κ3) is 4.19. The highest BCUT2D eigenvalue weighted by Gasteiger charge is 2.24. The zero-order valence-electron chi connectivity index (χ0n) is 12.4. The van der Waals surface area contributed by atoms with Gasteiger partial charge in [0.15, 0.2) is 0 Å². The van der Waals surface area contributed by atoms with E-state index in [-0.39, 0.29) is 10.4 Å². The number of anilines is 1. The average molecular weight is 299 g/mol. The van der Waals surface area contributed by atoms with E-state index < -0.39 is 10.0 Å². The van der Waals surface area contributed by atoms with E-state index in [2.05, 4.69) is 10.0 Å². The van der Waals surface area contributed by atoms with Gasteiger partial charge in [-0.05, 0) is 31.9 Å². The van der Waals surface area contributed by atoms with Crippen molar-refractivity contribution >= 4 is 15.7 Å². The Labute approximate surface area is 122 Å². The Morgan fingerprint density at radius 2 is 1.90 bits per heavy atom.